The van der Waals surface area contributed by atoms with Gasteiger partial charge in [-0.25, -0.2) is 13.6 Å². The van der Waals surface area contributed by atoms with Gasteiger partial charge in [-0.3, -0.25) is 14.9 Å². The molecular weight excluding hydrogens is 324 g/mol. The number of hydrogen-bond acceptors (Lipinski definition) is 6. The number of nitrogens with two attached hydrogens (primary N) is 2. The van der Waals surface area contributed by atoms with Crippen LogP contribution in [0.1, 0.15) is 16.8 Å². The van der Waals surface area contributed by atoms with Crippen molar-refractivity contribution in [2.45, 2.75) is 6.42 Å². The summed E-state index contributed by atoms with van der Waals surface area (Å²) in [5.74, 6) is -0.912. The number of sulfonamides is 1. The van der Waals surface area contributed by atoms with Gasteiger partial charge in [0.1, 0.15) is 5.69 Å². The Bertz CT molecular complexity index is 676. The first kappa shape index (κ1) is 17.1. The van der Waals surface area contributed by atoms with Crippen molar-refractivity contribution in [2.75, 3.05) is 18.0 Å². The van der Waals surface area contributed by atoms with Crippen molar-refractivity contribution in [1.29, 1.82) is 0 Å². The summed E-state index contributed by atoms with van der Waals surface area (Å²) in [5.41, 5.74) is 4.69. The third-order valence-corrected chi connectivity index (χ3v) is 3.63. The molecule has 0 heterocycles. The molecule has 0 saturated carbocycles. The third-order valence-electron chi connectivity index (χ3n) is 2.46. The quantitative estimate of drug-likeness (QED) is 0.292. The molecule has 0 radical (unpaired) electrons. The summed E-state index contributed by atoms with van der Waals surface area (Å²) in [6.45, 7) is 0.0467. The summed E-state index contributed by atoms with van der Waals surface area (Å²) in [6, 6.07) is 2.19. The minimum Gasteiger partial charge on any atom is -0.392 e. The lowest BCUT2D eigenvalue weighted by atomic mass is 10.1. The van der Waals surface area contributed by atoms with Gasteiger partial charge in [0.25, 0.3) is 11.6 Å². The highest BCUT2D eigenvalue weighted by Crippen LogP contribution is 2.30. The minimum absolute atomic E-state index is 0.0449. The van der Waals surface area contributed by atoms with Crippen molar-refractivity contribution >= 4 is 38.9 Å². The number of carbonyl (C=O) groups is 1. The zero-order valence-electron chi connectivity index (χ0n) is 10.7. The van der Waals surface area contributed by atoms with E-state index in [4.69, 9.17) is 22.5 Å². The van der Waals surface area contributed by atoms with Crippen LogP contribution in [0, 0.1) is 10.1 Å². The molecule has 0 bridgehead atoms. The van der Waals surface area contributed by atoms with Gasteiger partial charge in [0.2, 0.25) is 10.0 Å². The fraction of sp³-hybridized carbons (Fsp3) is 0.300. The molecule has 0 aliphatic rings. The Hall–Kier alpha value is -1.91. The average Bonchev–Trinajstić information content (AvgIpc) is 2.35. The third kappa shape index (κ3) is 5.17. The number of carbonyl (C=O) groups excluding carboxylic acids is 1. The zero-order chi connectivity index (χ0) is 16.2. The molecule has 1 aromatic rings. The minimum atomic E-state index is -3.60. The van der Waals surface area contributed by atoms with Crippen LogP contribution in [0.5, 0.6) is 0 Å². The summed E-state index contributed by atoms with van der Waals surface area (Å²) < 4.78 is 21.4. The first-order valence-corrected chi connectivity index (χ1v) is 7.73. The molecule has 21 heavy (non-hydrogen) atoms. The highest BCUT2D eigenvalue weighted by molar-refractivity contribution is 7.89. The van der Waals surface area contributed by atoms with Crippen LogP contribution in [0.2, 0.25) is 5.02 Å². The fourth-order valence-corrected chi connectivity index (χ4v) is 2.22. The number of hydrogen-bond donors (Lipinski definition) is 3. The summed E-state index contributed by atoms with van der Waals surface area (Å²) in [6.07, 6.45) is 0.120. The van der Waals surface area contributed by atoms with Crippen molar-refractivity contribution in [3.63, 3.8) is 0 Å². The van der Waals surface area contributed by atoms with Crippen LogP contribution < -0.4 is 16.2 Å². The number of rotatable bonds is 6. The molecular formula is C10H13ClN4O5S. The highest BCUT2D eigenvalue weighted by atomic mass is 35.5. The molecule has 0 aromatic heterocycles. The van der Waals surface area contributed by atoms with E-state index in [1.165, 1.54) is 6.07 Å². The van der Waals surface area contributed by atoms with Crippen LogP contribution in [-0.2, 0) is 10.0 Å². The molecule has 5 N–H and O–H groups in total. The number of nitrogen functional groups attached to an aromatic ring is 1. The Kier molecular flexibility index (Phi) is 5.47. The summed E-state index contributed by atoms with van der Waals surface area (Å²) in [7, 11) is -3.60. The highest BCUT2D eigenvalue weighted by Gasteiger charge is 2.19. The molecule has 9 nitrogen and oxygen atoms in total. The van der Waals surface area contributed by atoms with Crippen LogP contribution in [0.4, 0.5) is 11.4 Å². The normalized spacial score (nSPS) is 11.1. The van der Waals surface area contributed by atoms with E-state index in [0.29, 0.717) is 0 Å². The van der Waals surface area contributed by atoms with E-state index in [1.54, 1.807) is 0 Å². The van der Waals surface area contributed by atoms with Crippen molar-refractivity contribution in [3.05, 3.63) is 32.8 Å². The van der Waals surface area contributed by atoms with Gasteiger partial charge in [0.05, 0.1) is 15.7 Å². The van der Waals surface area contributed by atoms with E-state index < -0.39 is 26.5 Å². The molecule has 11 heteroatoms. The second-order valence-corrected chi connectivity index (χ2v) is 6.27. The predicted molar refractivity (Wildman–Crippen MR) is 77.4 cm³/mol. The number of amides is 1. The molecule has 0 saturated heterocycles. The van der Waals surface area contributed by atoms with Crippen molar-refractivity contribution in [3.8, 4) is 0 Å². The Balaban J connectivity index is 2.77. The van der Waals surface area contributed by atoms with Gasteiger partial charge in [-0.15, -0.1) is 0 Å². The molecule has 0 spiro atoms. The van der Waals surface area contributed by atoms with Crippen LogP contribution in [0.3, 0.4) is 0 Å². The molecule has 0 aliphatic heterocycles. The summed E-state index contributed by atoms with van der Waals surface area (Å²) >= 11 is 5.72. The van der Waals surface area contributed by atoms with Crippen LogP contribution in [-0.4, -0.2) is 31.5 Å². The maximum Gasteiger partial charge on any atom is 0.294 e. The Morgan fingerprint density at radius 2 is 2.05 bits per heavy atom. The molecule has 0 atom stereocenters. The largest absolute Gasteiger partial charge is 0.392 e. The van der Waals surface area contributed by atoms with E-state index in [1.807, 2.05) is 0 Å². The lowest BCUT2D eigenvalue weighted by Gasteiger charge is -2.07. The maximum absolute atomic E-state index is 11.8. The topological polar surface area (TPSA) is 158 Å². The number of nitro benzene ring substituents is 1. The standard InChI is InChI=1S/C10H13ClN4O5S/c11-7-4-6(5-8(9(7)12)15(17)18)10(16)14-2-1-3-21(13,19)20/h4-5H,1-3,12H2,(H,14,16)(H2,13,19,20). The zero-order valence-corrected chi connectivity index (χ0v) is 12.3. The van der Waals surface area contributed by atoms with Gasteiger partial charge < -0.3 is 11.1 Å². The molecule has 0 fully saturated rings. The van der Waals surface area contributed by atoms with Crippen molar-refractivity contribution < 1.29 is 18.1 Å². The van der Waals surface area contributed by atoms with Crippen molar-refractivity contribution in [1.82, 2.24) is 5.32 Å². The van der Waals surface area contributed by atoms with Gasteiger partial charge in [0.15, 0.2) is 0 Å². The fourth-order valence-electron chi connectivity index (χ4n) is 1.46. The van der Waals surface area contributed by atoms with Gasteiger partial charge >= 0.3 is 0 Å². The van der Waals surface area contributed by atoms with Gasteiger partial charge in [-0.2, -0.15) is 0 Å². The monoisotopic (exact) mass is 336 g/mol. The lowest BCUT2D eigenvalue weighted by Crippen LogP contribution is -2.27. The van der Waals surface area contributed by atoms with Crippen molar-refractivity contribution in [2.24, 2.45) is 5.14 Å². The number of nitrogens with one attached hydrogen (secondary N) is 1. The predicted octanol–water partition coefficient (Wildman–Crippen LogP) is 0.239. The lowest BCUT2D eigenvalue weighted by molar-refractivity contribution is -0.383. The Labute approximate surface area is 125 Å². The summed E-state index contributed by atoms with van der Waals surface area (Å²) in [4.78, 5) is 21.8. The van der Waals surface area contributed by atoms with E-state index in [9.17, 15) is 23.3 Å². The van der Waals surface area contributed by atoms with Crippen LogP contribution >= 0.6 is 11.6 Å². The molecule has 1 aromatic carbocycles. The van der Waals surface area contributed by atoms with E-state index >= 15 is 0 Å². The number of benzene rings is 1. The van der Waals surface area contributed by atoms with E-state index in [-0.39, 0.29) is 35.0 Å². The Morgan fingerprint density at radius 3 is 2.57 bits per heavy atom. The Morgan fingerprint density at radius 1 is 1.43 bits per heavy atom. The summed E-state index contributed by atoms with van der Waals surface area (Å²) in [5, 5.41) is 17.9. The molecule has 0 aliphatic carbocycles. The average molecular weight is 337 g/mol. The maximum atomic E-state index is 11.8. The smallest absolute Gasteiger partial charge is 0.294 e. The van der Waals surface area contributed by atoms with Gasteiger partial charge in [-0.1, -0.05) is 11.6 Å². The second-order valence-electron chi connectivity index (χ2n) is 4.12. The number of primary sulfonamides is 1. The SMILES string of the molecule is Nc1c(Cl)cc(C(=O)NCCCS(N)(=O)=O)cc1[N+](=O)[O-]. The first-order valence-electron chi connectivity index (χ1n) is 5.64. The number of nitrogens with zero attached hydrogens (tertiary/aromatic N) is 1. The first-order chi connectivity index (χ1) is 9.61. The molecule has 1 amide bonds. The van der Waals surface area contributed by atoms with Gasteiger partial charge in [0, 0.05) is 18.2 Å². The molecule has 116 valence electrons. The van der Waals surface area contributed by atoms with Crippen LogP contribution in [0.25, 0.3) is 0 Å². The van der Waals surface area contributed by atoms with Gasteiger partial charge in [-0.05, 0) is 12.5 Å². The molecule has 1 rings (SSSR count). The second kappa shape index (κ2) is 6.70. The van der Waals surface area contributed by atoms with Crippen LogP contribution in [0.15, 0.2) is 12.1 Å². The molecule has 0 unspecified atom stereocenters. The number of halogens is 1. The number of nitro groups is 1. The van der Waals surface area contributed by atoms with E-state index in [2.05, 4.69) is 5.32 Å². The van der Waals surface area contributed by atoms with E-state index in [0.717, 1.165) is 6.07 Å². The number of anilines is 1.